The lowest BCUT2D eigenvalue weighted by Crippen LogP contribution is -2.00. The highest BCUT2D eigenvalue weighted by Crippen LogP contribution is 2.00. The molecule has 0 heterocycles. The van der Waals surface area contributed by atoms with Gasteiger partial charge in [0.1, 0.15) is 0 Å². The molecule has 0 saturated heterocycles. The van der Waals surface area contributed by atoms with Crippen LogP contribution in [0.5, 0.6) is 0 Å². The van der Waals surface area contributed by atoms with Crippen LogP contribution in [0.2, 0.25) is 0 Å². The van der Waals surface area contributed by atoms with Crippen LogP contribution < -0.4 is 0 Å². The van der Waals surface area contributed by atoms with Gasteiger partial charge in [-0.1, -0.05) is 6.08 Å². The minimum atomic E-state index is -0.488. The van der Waals surface area contributed by atoms with Crippen molar-refractivity contribution in [3.63, 3.8) is 0 Å². The van der Waals surface area contributed by atoms with Gasteiger partial charge in [0, 0.05) is 0 Å². The maximum absolute atomic E-state index is 8.81. The minimum absolute atomic E-state index is 0.488. The first-order valence-corrected chi connectivity index (χ1v) is 2.53. The van der Waals surface area contributed by atoms with Crippen molar-refractivity contribution in [2.24, 2.45) is 4.99 Å². The van der Waals surface area contributed by atoms with E-state index in [-0.39, 0.29) is 0 Å². The maximum Gasteiger partial charge on any atom is 0.0928 e. The van der Waals surface area contributed by atoms with E-state index in [0.717, 1.165) is 0 Å². The van der Waals surface area contributed by atoms with E-state index in [1.807, 2.05) is 6.92 Å². The molecule has 0 aromatic rings. The number of aliphatic imine (C=N–C) groups is 1. The van der Waals surface area contributed by atoms with Gasteiger partial charge in [-0.3, -0.25) is 4.99 Å². The van der Waals surface area contributed by atoms with Gasteiger partial charge in [-0.2, -0.15) is 0 Å². The Labute approximate surface area is 49.6 Å². The number of hydrogen-bond donors (Lipinski definition) is 1. The van der Waals surface area contributed by atoms with E-state index < -0.39 is 6.10 Å². The first-order chi connectivity index (χ1) is 3.72. The number of aliphatic hydroxyl groups excluding tert-OH is 1. The van der Waals surface area contributed by atoms with Gasteiger partial charge in [0.05, 0.1) is 11.8 Å². The van der Waals surface area contributed by atoms with Crippen molar-refractivity contribution >= 4 is 6.72 Å². The van der Waals surface area contributed by atoms with Gasteiger partial charge in [0.2, 0.25) is 0 Å². The number of rotatable bonds is 2. The molecule has 1 atom stereocenters. The molecule has 0 saturated carbocycles. The van der Waals surface area contributed by atoms with Crippen LogP contribution in [0.4, 0.5) is 0 Å². The Morgan fingerprint density at radius 3 is 2.38 bits per heavy atom. The van der Waals surface area contributed by atoms with Gasteiger partial charge in [-0.25, -0.2) is 0 Å². The molecule has 0 aromatic heterocycles. The molecule has 0 radical (unpaired) electrons. The molecule has 1 N–H and O–H groups in total. The van der Waals surface area contributed by atoms with Crippen molar-refractivity contribution in [1.29, 1.82) is 0 Å². The molecule has 0 rings (SSSR count). The molecule has 0 aromatic carbocycles. The third kappa shape index (κ3) is 1.89. The fraction of sp³-hybridized carbons (Fsp3) is 0.500. The lowest BCUT2D eigenvalue weighted by molar-refractivity contribution is 0.230. The number of nitrogens with zero attached hydrogens (tertiary/aromatic N) is 1. The van der Waals surface area contributed by atoms with Crippen molar-refractivity contribution in [2.75, 3.05) is 0 Å². The van der Waals surface area contributed by atoms with E-state index in [0.29, 0.717) is 5.70 Å². The topological polar surface area (TPSA) is 32.6 Å². The van der Waals surface area contributed by atoms with Crippen molar-refractivity contribution in [2.45, 2.75) is 20.0 Å². The second-order valence-corrected chi connectivity index (χ2v) is 1.55. The van der Waals surface area contributed by atoms with Crippen LogP contribution >= 0.6 is 0 Å². The lowest BCUT2D eigenvalue weighted by atomic mass is 10.3. The highest BCUT2D eigenvalue weighted by Gasteiger charge is 1.96. The molecule has 0 aliphatic carbocycles. The van der Waals surface area contributed by atoms with Gasteiger partial charge in [0.25, 0.3) is 0 Å². The van der Waals surface area contributed by atoms with Gasteiger partial charge >= 0.3 is 0 Å². The molecule has 2 heteroatoms. The summed E-state index contributed by atoms with van der Waals surface area (Å²) >= 11 is 0. The Bertz CT molecular complexity index is 105. The second-order valence-electron chi connectivity index (χ2n) is 1.55. The highest BCUT2D eigenvalue weighted by atomic mass is 16.3. The average molecular weight is 113 g/mol. The Balaban J connectivity index is 3.91. The standard InChI is InChI=1S/C6H11NO/c1-4-6(7-3)5(2)8/h4-5,8H,3H2,1-2H3. The molecule has 0 amide bonds. The van der Waals surface area contributed by atoms with Crippen molar-refractivity contribution in [3.05, 3.63) is 11.8 Å². The van der Waals surface area contributed by atoms with E-state index in [9.17, 15) is 0 Å². The van der Waals surface area contributed by atoms with Gasteiger partial charge < -0.3 is 5.11 Å². The van der Waals surface area contributed by atoms with Gasteiger partial charge in [-0.15, -0.1) is 0 Å². The van der Waals surface area contributed by atoms with Crippen LogP contribution in [0, 0.1) is 0 Å². The Hall–Kier alpha value is -0.630. The molecule has 0 aliphatic rings. The molecule has 1 unspecified atom stereocenters. The van der Waals surface area contributed by atoms with Crippen LogP contribution in [0.3, 0.4) is 0 Å². The van der Waals surface area contributed by atoms with E-state index in [1.54, 1.807) is 13.0 Å². The predicted molar refractivity (Wildman–Crippen MR) is 35.0 cm³/mol. The first kappa shape index (κ1) is 7.37. The molecular formula is C6H11NO. The summed E-state index contributed by atoms with van der Waals surface area (Å²) in [4.78, 5) is 3.57. The second kappa shape index (κ2) is 3.38. The van der Waals surface area contributed by atoms with Crippen molar-refractivity contribution < 1.29 is 5.11 Å². The number of aliphatic hydroxyl groups is 1. The molecule has 0 spiro atoms. The lowest BCUT2D eigenvalue weighted by Gasteiger charge is -2.00. The third-order valence-corrected chi connectivity index (χ3v) is 0.906. The summed E-state index contributed by atoms with van der Waals surface area (Å²) in [5.74, 6) is 0. The minimum Gasteiger partial charge on any atom is -0.387 e. The van der Waals surface area contributed by atoms with Crippen LogP contribution in [0.25, 0.3) is 0 Å². The summed E-state index contributed by atoms with van der Waals surface area (Å²) in [6, 6.07) is 0. The zero-order valence-corrected chi connectivity index (χ0v) is 5.26. The van der Waals surface area contributed by atoms with Crippen LogP contribution in [-0.4, -0.2) is 17.9 Å². The monoisotopic (exact) mass is 113 g/mol. The normalized spacial score (nSPS) is 15.6. The number of allylic oxidation sites excluding steroid dienone is 1. The third-order valence-electron chi connectivity index (χ3n) is 0.906. The molecule has 0 aliphatic heterocycles. The summed E-state index contributed by atoms with van der Waals surface area (Å²) in [7, 11) is 0. The van der Waals surface area contributed by atoms with Crippen molar-refractivity contribution in [3.8, 4) is 0 Å². The highest BCUT2D eigenvalue weighted by molar-refractivity contribution is 5.29. The summed E-state index contributed by atoms with van der Waals surface area (Å²) in [5.41, 5.74) is 0.630. The molecule has 46 valence electrons. The van der Waals surface area contributed by atoms with Crippen molar-refractivity contribution in [1.82, 2.24) is 0 Å². The average Bonchev–Trinajstić information content (AvgIpc) is 1.69. The molecule has 0 bridgehead atoms. The quantitative estimate of drug-likeness (QED) is 0.532. The fourth-order valence-electron chi connectivity index (χ4n) is 0.465. The van der Waals surface area contributed by atoms with E-state index in [4.69, 9.17) is 5.11 Å². The van der Waals surface area contributed by atoms with E-state index in [1.165, 1.54) is 0 Å². The Morgan fingerprint density at radius 2 is 2.38 bits per heavy atom. The molecule has 8 heavy (non-hydrogen) atoms. The largest absolute Gasteiger partial charge is 0.387 e. The number of hydrogen-bond acceptors (Lipinski definition) is 2. The Morgan fingerprint density at radius 1 is 1.88 bits per heavy atom. The smallest absolute Gasteiger partial charge is 0.0928 e. The summed E-state index contributed by atoms with van der Waals surface area (Å²) in [5, 5.41) is 8.81. The summed E-state index contributed by atoms with van der Waals surface area (Å²) in [6.07, 6.45) is 1.25. The fourth-order valence-corrected chi connectivity index (χ4v) is 0.465. The van der Waals surface area contributed by atoms with Crippen LogP contribution in [-0.2, 0) is 0 Å². The van der Waals surface area contributed by atoms with E-state index in [2.05, 4.69) is 11.7 Å². The molecule has 2 nitrogen and oxygen atoms in total. The van der Waals surface area contributed by atoms with E-state index >= 15 is 0 Å². The Kier molecular flexibility index (Phi) is 3.12. The molecule has 0 fully saturated rings. The van der Waals surface area contributed by atoms with Gasteiger partial charge in [0.15, 0.2) is 0 Å². The SMILES string of the molecule is C=NC(=CC)C(C)O. The maximum atomic E-state index is 8.81. The van der Waals surface area contributed by atoms with Crippen LogP contribution in [0.1, 0.15) is 13.8 Å². The van der Waals surface area contributed by atoms with Crippen LogP contribution in [0.15, 0.2) is 16.8 Å². The summed E-state index contributed by atoms with van der Waals surface area (Å²) in [6.45, 7) is 6.75. The zero-order chi connectivity index (χ0) is 6.57. The predicted octanol–water partition coefficient (Wildman–Crippen LogP) is 0.972. The summed E-state index contributed by atoms with van der Waals surface area (Å²) < 4.78 is 0. The molecular weight excluding hydrogens is 102 g/mol. The zero-order valence-electron chi connectivity index (χ0n) is 5.26. The first-order valence-electron chi connectivity index (χ1n) is 2.53. The van der Waals surface area contributed by atoms with Gasteiger partial charge in [-0.05, 0) is 20.6 Å².